The van der Waals surface area contributed by atoms with Gasteiger partial charge in [-0.05, 0) is 44.1 Å². The number of phenols is 1. The molecule has 3 heterocycles. The van der Waals surface area contributed by atoms with E-state index in [4.69, 9.17) is 14.5 Å². The van der Waals surface area contributed by atoms with Crippen molar-refractivity contribution in [2.75, 3.05) is 13.6 Å². The summed E-state index contributed by atoms with van der Waals surface area (Å²) < 4.78 is 6.10. The topological polar surface area (TPSA) is 71.4 Å². The molecule has 6 rings (SSSR count). The molecule has 2 bridgehead atoms. The molecule has 1 aromatic rings. The number of phenolic OH excluding ortho intramolecular Hbond substituents is 1. The van der Waals surface area contributed by atoms with Crippen LogP contribution in [0.5, 0.6) is 11.5 Å². The van der Waals surface area contributed by atoms with Crippen molar-refractivity contribution in [1.82, 2.24) is 4.90 Å². The van der Waals surface area contributed by atoms with E-state index in [2.05, 4.69) is 10.6 Å². The van der Waals surface area contributed by atoms with Gasteiger partial charge in [-0.25, -0.2) is 0 Å². The van der Waals surface area contributed by atoms with E-state index in [1.165, 1.54) is 0 Å². The van der Waals surface area contributed by atoms with E-state index in [1.807, 2.05) is 13.1 Å². The number of likely N-dealkylation sites (tertiary alicyclic amines) is 1. The van der Waals surface area contributed by atoms with E-state index in [0.29, 0.717) is 24.4 Å². The number of nitrogens with zero attached hydrogens (tertiary/aromatic N) is 1. The van der Waals surface area contributed by atoms with Gasteiger partial charge in [-0.3, -0.25) is 4.90 Å². The number of aromatic hydroxyl groups is 1. The number of hydrogen-bond acceptors (Lipinski definition) is 6. The van der Waals surface area contributed by atoms with Crippen LogP contribution in [0, 0.1) is 0 Å². The van der Waals surface area contributed by atoms with E-state index >= 15 is 0 Å². The van der Waals surface area contributed by atoms with Crippen LogP contribution in [-0.4, -0.2) is 46.1 Å². The zero-order valence-electron chi connectivity index (χ0n) is 12.5. The van der Waals surface area contributed by atoms with Crippen molar-refractivity contribution in [1.29, 1.82) is 0 Å². The minimum atomic E-state index is -1.22. The number of piperidine rings is 1. The van der Waals surface area contributed by atoms with Crippen LogP contribution in [0.3, 0.4) is 0 Å². The third-order valence-electron chi connectivity index (χ3n) is 6.40. The standard InChI is InChI=1S/C17H15NO5/c1-18-7-6-15-13-9-2-3-10(19)14(13)21-17(15)12(22-23-17)4-5-16(15,20)11(18)8-9/h2-3,5,11,19-20H,6-8H2,1H3/t11-,15-,16-,17+/m1/s1. The number of likely N-dealkylation sites (N-methyl/N-ethyl adjacent to an activating group) is 1. The number of aliphatic hydroxyl groups is 1. The average Bonchev–Trinajstić information content (AvgIpc) is 2.84. The van der Waals surface area contributed by atoms with Crippen molar-refractivity contribution in [3.63, 3.8) is 0 Å². The van der Waals surface area contributed by atoms with Crippen LogP contribution < -0.4 is 4.74 Å². The first-order chi connectivity index (χ1) is 11.0. The molecule has 118 valence electrons. The summed E-state index contributed by atoms with van der Waals surface area (Å²) in [4.78, 5) is 12.8. The summed E-state index contributed by atoms with van der Waals surface area (Å²) in [7, 11) is 2.02. The molecule has 0 amide bonds. The number of benzene rings is 1. The summed E-state index contributed by atoms with van der Waals surface area (Å²) in [5.41, 5.74) is 2.97. The van der Waals surface area contributed by atoms with Crippen LogP contribution in [0.4, 0.5) is 0 Å². The first kappa shape index (κ1) is 12.4. The zero-order chi connectivity index (χ0) is 15.6. The summed E-state index contributed by atoms with van der Waals surface area (Å²) in [6.45, 7) is 0.803. The molecule has 0 unspecified atom stereocenters. The SMILES string of the molecule is CN1CC[C@]23c4c5ccc(O)c4O[C@@]24OOC4=C=C[C@@]3(O)[C@H]1C5. The molecule has 0 saturated carbocycles. The third-order valence-corrected chi connectivity index (χ3v) is 6.40. The molecular weight excluding hydrogens is 298 g/mol. The molecule has 6 nitrogen and oxygen atoms in total. The highest BCUT2D eigenvalue weighted by Crippen LogP contribution is 2.70. The molecule has 3 aliphatic heterocycles. The van der Waals surface area contributed by atoms with E-state index in [9.17, 15) is 10.2 Å². The molecule has 1 aromatic carbocycles. The fourth-order valence-corrected chi connectivity index (χ4v) is 5.34. The van der Waals surface area contributed by atoms with Crippen molar-refractivity contribution < 1.29 is 24.7 Å². The van der Waals surface area contributed by atoms with Gasteiger partial charge >= 0.3 is 5.79 Å². The Hall–Kier alpha value is -1.98. The van der Waals surface area contributed by atoms with E-state index < -0.39 is 16.8 Å². The zero-order valence-corrected chi connectivity index (χ0v) is 12.5. The lowest BCUT2D eigenvalue weighted by Crippen LogP contribution is -2.79. The van der Waals surface area contributed by atoms with Gasteiger partial charge in [0.2, 0.25) is 0 Å². The fourth-order valence-electron chi connectivity index (χ4n) is 5.34. The Labute approximate surface area is 132 Å². The fraction of sp³-hybridized carbons (Fsp3) is 0.471. The van der Waals surface area contributed by atoms with Crippen LogP contribution in [0.1, 0.15) is 17.5 Å². The van der Waals surface area contributed by atoms with Crippen LogP contribution in [0.15, 0.2) is 29.7 Å². The maximum Gasteiger partial charge on any atom is 0.334 e. The van der Waals surface area contributed by atoms with Gasteiger partial charge in [-0.1, -0.05) is 11.8 Å². The van der Waals surface area contributed by atoms with Gasteiger partial charge in [0.1, 0.15) is 11.0 Å². The maximum atomic E-state index is 11.7. The van der Waals surface area contributed by atoms with Gasteiger partial charge in [0.25, 0.3) is 5.76 Å². The summed E-state index contributed by atoms with van der Waals surface area (Å²) in [6.07, 6.45) is 3.03. The van der Waals surface area contributed by atoms with Crippen molar-refractivity contribution in [2.45, 2.75) is 35.7 Å². The molecule has 0 aromatic heterocycles. The van der Waals surface area contributed by atoms with Crippen LogP contribution in [-0.2, 0) is 21.6 Å². The third kappa shape index (κ3) is 0.966. The summed E-state index contributed by atoms with van der Waals surface area (Å²) >= 11 is 0. The second-order valence-corrected chi connectivity index (χ2v) is 7.13. The predicted molar refractivity (Wildman–Crippen MR) is 76.6 cm³/mol. The van der Waals surface area contributed by atoms with Gasteiger partial charge in [-0.15, -0.1) is 4.89 Å². The molecule has 23 heavy (non-hydrogen) atoms. The molecule has 2 fully saturated rings. The van der Waals surface area contributed by atoms with Gasteiger partial charge in [-0.2, -0.15) is 0 Å². The molecule has 6 heteroatoms. The largest absolute Gasteiger partial charge is 0.504 e. The maximum absolute atomic E-state index is 11.7. The lowest BCUT2D eigenvalue weighted by atomic mass is 9.50. The highest BCUT2D eigenvalue weighted by Gasteiger charge is 2.83. The van der Waals surface area contributed by atoms with E-state index in [-0.39, 0.29) is 11.8 Å². The van der Waals surface area contributed by atoms with Crippen molar-refractivity contribution in [3.8, 4) is 11.5 Å². The molecule has 0 radical (unpaired) electrons. The second-order valence-electron chi connectivity index (χ2n) is 7.13. The lowest BCUT2D eigenvalue weighted by Gasteiger charge is -2.63. The summed E-state index contributed by atoms with van der Waals surface area (Å²) in [6, 6.07) is 3.47. The minimum absolute atomic E-state index is 0.0662. The number of rotatable bonds is 0. The molecule has 4 atom stereocenters. The van der Waals surface area contributed by atoms with E-state index in [0.717, 1.165) is 17.7 Å². The number of ether oxygens (including phenoxy) is 1. The Balaban J connectivity index is 1.80. The Morgan fingerprint density at radius 3 is 3.04 bits per heavy atom. The Morgan fingerprint density at radius 2 is 2.26 bits per heavy atom. The summed E-state index contributed by atoms with van der Waals surface area (Å²) in [5.74, 6) is -0.306. The Bertz CT molecular complexity index is 859. The quantitative estimate of drug-likeness (QED) is 0.543. The predicted octanol–water partition coefficient (Wildman–Crippen LogP) is 0.724. The molecule has 5 aliphatic rings. The van der Waals surface area contributed by atoms with Gasteiger partial charge < -0.3 is 19.8 Å². The highest BCUT2D eigenvalue weighted by atomic mass is 17.3. The molecule has 2 N–H and O–H groups in total. The van der Waals surface area contributed by atoms with Crippen molar-refractivity contribution >= 4 is 0 Å². The van der Waals surface area contributed by atoms with Crippen molar-refractivity contribution in [2.24, 2.45) is 0 Å². The molecule has 2 spiro atoms. The Kier molecular flexibility index (Phi) is 1.77. The van der Waals surface area contributed by atoms with Crippen LogP contribution in [0.25, 0.3) is 0 Å². The summed E-state index contributed by atoms with van der Waals surface area (Å²) in [5, 5.41) is 22.0. The molecule has 2 saturated heterocycles. The first-order valence-electron chi connectivity index (χ1n) is 7.84. The second kappa shape index (κ2) is 3.28. The van der Waals surface area contributed by atoms with Crippen molar-refractivity contribution in [3.05, 3.63) is 40.8 Å². The molecule has 2 aliphatic carbocycles. The number of hydrogen-bond donors (Lipinski definition) is 2. The smallest absolute Gasteiger partial charge is 0.334 e. The highest BCUT2D eigenvalue weighted by molar-refractivity contribution is 5.66. The monoisotopic (exact) mass is 313 g/mol. The molecular formula is C17H15NO5. The normalized spacial score (nSPS) is 44.4. The first-order valence-corrected chi connectivity index (χ1v) is 7.84. The average molecular weight is 313 g/mol. The van der Waals surface area contributed by atoms with Crippen LogP contribution >= 0.6 is 0 Å². The van der Waals surface area contributed by atoms with E-state index in [1.54, 1.807) is 12.1 Å². The lowest BCUT2D eigenvalue weighted by molar-refractivity contribution is -0.501. The van der Waals surface area contributed by atoms with Gasteiger partial charge in [0.05, 0.1) is 0 Å². The van der Waals surface area contributed by atoms with Gasteiger partial charge in [0.15, 0.2) is 11.5 Å². The van der Waals surface area contributed by atoms with Gasteiger partial charge in [0, 0.05) is 11.6 Å². The minimum Gasteiger partial charge on any atom is -0.504 e. The Morgan fingerprint density at radius 1 is 1.39 bits per heavy atom. The van der Waals surface area contributed by atoms with Crippen LogP contribution in [0.2, 0.25) is 0 Å².